The maximum Gasteiger partial charge on any atom is 0.164 e. The van der Waals surface area contributed by atoms with Gasteiger partial charge in [-0.3, -0.25) is 0 Å². The average molecular weight is 694 g/mol. The van der Waals surface area contributed by atoms with Crippen LogP contribution >= 0.6 is 0 Å². The van der Waals surface area contributed by atoms with Gasteiger partial charge in [0.2, 0.25) is 0 Å². The fraction of sp³-hybridized carbons (Fsp3) is 0.196. The Morgan fingerprint density at radius 2 is 0.944 bits per heavy atom. The Labute approximate surface area is 315 Å². The molecule has 4 saturated carbocycles. The van der Waals surface area contributed by atoms with E-state index in [1.54, 1.807) is 11.1 Å². The zero-order valence-electron chi connectivity index (χ0n) is 30.1. The molecule has 0 radical (unpaired) electrons. The molecular formula is C51H39N3. The zero-order valence-corrected chi connectivity index (χ0v) is 30.1. The van der Waals surface area contributed by atoms with Crippen LogP contribution in [0, 0.1) is 23.7 Å². The second-order valence-electron chi connectivity index (χ2n) is 16.4. The lowest BCUT2D eigenvalue weighted by atomic mass is 9.43. The highest BCUT2D eigenvalue weighted by Crippen LogP contribution is 2.70. The Bertz CT molecular complexity index is 2750. The first-order chi connectivity index (χ1) is 26.7. The quantitative estimate of drug-likeness (QED) is 0.184. The minimum atomic E-state index is 0.0861. The molecule has 1 aromatic heterocycles. The van der Waals surface area contributed by atoms with Crippen molar-refractivity contribution in [3.05, 3.63) is 163 Å². The molecule has 13 rings (SSSR count). The van der Waals surface area contributed by atoms with Gasteiger partial charge in [-0.2, -0.15) is 0 Å². The summed E-state index contributed by atoms with van der Waals surface area (Å²) in [7, 11) is 0. The molecule has 3 nitrogen and oxygen atoms in total. The molecule has 1 heterocycles. The minimum absolute atomic E-state index is 0.0861. The summed E-state index contributed by atoms with van der Waals surface area (Å²) in [4.78, 5) is 15.5. The van der Waals surface area contributed by atoms with Crippen molar-refractivity contribution in [1.29, 1.82) is 0 Å². The molecule has 7 aromatic carbocycles. The van der Waals surface area contributed by atoms with E-state index in [1.807, 2.05) is 6.07 Å². The van der Waals surface area contributed by atoms with Crippen LogP contribution in [0.4, 0.5) is 0 Å². The highest BCUT2D eigenvalue weighted by molar-refractivity contribution is 5.99. The number of benzene rings is 7. The Morgan fingerprint density at radius 3 is 1.67 bits per heavy atom. The molecule has 0 aliphatic heterocycles. The first-order valence-electron chi connectivity index (χ1n) is 19.8. The van der Waals surface area contributed by atoms with E-state index in [0.717, 1.165) is 28.5 Å². The highest BCUT2D eigenvalue weighted by atomic mass is 15.0. The lowest BCUT2D eigenvalue weighted by Gasteiger charge is -2.61. The van der Waals surface area contributed by atoms with E-state index in [1.165, 1.54) is 75.9 Å². The second-order valence-corrected chi connectivity index (χ2v) is 16.4. The first-order valence-corrected chi connectivity index (χ1v) is 19.8. The standard InChI is InChI=1S/C51H39N3/c1-2-11-36(12-3-1)48-52-49(37-19-17-35(18-20-37)42-16-8-13-33-9-4-6-14-41(33)42)54-50(53-48)38-22-24-46-45(30-38)44-23-21-34-10-5-7-15-43(34)47(44)51(46)39-26-31-25-32(28-39)29-40(51)27-31/h1-24,30-32,39-40H,25-29H2. The molecule has 0 N–H and O–H groups in total. The highest BCUT2D eigenvalue weighted by Gasteiger charge is 2.62. The topological polar surface area (TPSA) is 38.7 Å². The van der Waals surface area contributed by atoms with Gasteiger partial charge < -0.3 is 0 Å². The first kappa shape index (κ1) is 30.5. The van der Waals surface area contributed by atoms with E-state index in [4.69, 9.17) is 15.0 Å². The van der Waals surface area contributed by atoms with Crippen molar-refractivity contribution < 1.29 is 0 Å². The summed E-state index contributed by atoms with van der Waals surface area (Å²) in [5, 5.41) is 5.30. The molecule has 0 amide bonds. The normalized spacial score (nSPS) is 23.3. The van der Waals surface area contributed by atoms with Crippen LogP contribution in [0.1, 0.15) is 43.2 Å². The number of aromatic nitrogens is 3. The van der Waals surface area contributed by atoms with Gasteiger partial charge in [-0.15, -0.1) is 0 Å². The predicted molar refractivity (Wildman–Crippen MR) is 220 cm³/mol. The molecule has 3 heteroatoms. The molecule has 1 spiro atoms. The van der Waals surface area contributed by atoms with E-state index in [9.17, 15) is 0 Å². The summed E-state index contributed by atoms with van der Waals surface area (Å²) in [6.45, 7) is 0. The zero-order chi connectivity index (χ0) is 35.4. The van der Waals surface area contributed by atoms with E-state index < -0.39 is 0 Å². The second kappa shape index (κ2) is 11.5. The third-order valence-electron chi connectivity index (χ3n) is 13.7. The van der Waals surface area contributed by atoms with E-state index in [-0.39, 0.29) is 5.41 Å². The summed E-state index contributed by atoms with van der Waals surface area (Å²) in [5.41, 5.74) is 11.4. The molecule has 5 aliphatic rings. The van der Waals surface area contributed by atoms with Gasteiger partial charge >= 0.3 is 0 Å². The molecule has 8 aromatic rings. The third-order valence-corrected chi connectivity index (χ3v) is 13.7. The van der Waals surface area contributed by atoms with Crippen molar-refractivity contribution >= 4 is 21.5 Å². The van der Waals surface area contributed by atoms with Gasteiger partial charge in [0.1, 0.15) is 0 Å². The Kier molecular flexibility index (Phi) is 6.52. The summed E-state index contributed by atoms with van der Waals surface area (Å²) in [6.07, 6.45) is 6.93. The lowest BCUT2D eigenvalue weighted by molar-refractivity contribution is -0.0393. The molecule has 4 bridgehead atoms. The van der Waals surface area contributed by atoms with Crippen LogP contribution in [0.25, 0.3) is 78.0 Å². The van der Waals surface area contributed by atoms with Gasteiger partial charge in [-0.25, -0.2) is 15.0 Å². The monoisotopic (exact) mass is 693 g/mol. The van der Waals surface area contributed by atoms with Crippen molar-refractivity contribution in [3.63, 3.8) is 0 Å². The van der Waals surface area contributed by atoms with Crippen molar-refractivity contribution in [2.45, 2.75) is 37.5 Å². The average Bonchev–Trinajstić information content (AvgIpc) is 3.53. The fourth-order valence-corrected chi connectivity index (χ4v) is 11.7. The van der Waals surface area contributed by atoms with Gasteiger partial charge in [0.25, 0.3) is 0 Å². The molecule has 0 atom stereocenters. The SMILES string of the molecule is c1ccc(-c2nc(-c3ccc(-c4cccc5ccccc45)cc3)nc(-c3ccc4c(c3)-c3ccc5ccccc5c3C43C4CC5CC(C4)CC3C5)n2)cc1. The van der Waals surface area contributed by atoms with Crippen molar-refractivity contribution in [2.24, 2.45) is 23.7 Å². The van der Waals surface area contributed by atoms with Crippen LogP contribution in [0.3, 0.4) is 0 Å². The largest absolute Gasteiger partial charge is 0.208 e. The van der Waals surface area contributed by atoms with E-state index in [0.29, 0.717) is 29.3 Å². The molecule has 258 valence electrons. The molecule has 5 aliphatic carbocycles. The molecule has 0 unspecified atom stereocenters. The van der Waals surface area contributed by atoms with Crippen molar-refractivity contribution in [3.8, 4) is 56.4 Å². The molecular weight excluding hydrogens is 655 g/mol. The Morgan fingerprint density at radius 1 is 0.389 bits per heavy atom. The summed E-state index contributed by atoms with van der Waals surface area (Å²) in [6, 6.07) is 55.3. The van der Waals surface area contributed by atoms with Gasteiger partial charge in [0.15, 0.2) is 17.5 Å². The van der Waals surface area contributed by atoms with E-state index >= 15 is 0 Å². The smallest absolute Gasteiger partial charge is 0.164 e. The van der Waals surface area contributed by atoms with E-state index in [2.05, 4.69) is 146 Å². The maximum absolute atomic E-state index is 5.24. The lowest BCUT2D eigenvalue weighted by Crippen LogP contribution is -2.55. The van der Waals surface area contributed by atoms with Gasteiger partial charge in [-0.1, -0.05) is 146 Å². The van der Waals surface area contributed by atoms with Crippen LogP contribution in [0.5, 0.6) is 0 Å². The third kappa shape index (κ3) is 4.39. The Hall–Kier alpha value is -5.93. The van der Waals surface area contributed by atoms with Gasteiger partial charge in [-0.05, 0) is 117 Å². The fourth-order valence-electron chi connectivity index (χ4n) is 11.7. The molecule has 4 fully saturated rings. The number of hydrogen-bond donors (Lipinski definition) is 0. The van der Waals surface area contributed by atoms with Gasteiger partial charge in [0.05, 0.1) is 0 Å². The van der Waals surface area contributed by atoms with Crippen LogP contribution in [0.15, 0.2) is 152 Å². The summed E-state index contributed by atoms with van der Waals surface area (Å²) >= 11 is 0. The predicted octanol–water partition coefficient (Wildman–Crippen LogP) is 12.6. The van der Waals surface area contributed by atoms with Crippen LogP contribution in [-0.4, -0.2) is 15.0 Å². The molecule has 0 saturated heterocycles. The number of hydrogen-bond acceptors (Lipinski definition) is 3. The minimum Gasteiger partial charge on any atom is -0.208 e. The summed E-state index contributed by atoms with van der Waals surface area (Å²) in [5.74, 6) is 5.31. The van der Waals surface area contributed by atoms with Crippen molar-refractivity contribution in [1.82, 2.24) is 15.0 Å². The Balaban J connectivity index is 1.02. The maximum atomic E-state index is 5.24. The summed E-state index contributed by atoms with van der Waals surface area (Å²) < 4.78 is 0. The van der Waals surface area contributed by atoms with Crippen LogP contribution in [0.2, 0.25) is 0 Å². The van der Waals surface area contributed by atoms with Crippen molar-refractivity contribution in [2.75, 3.05) is 0 Å². The number of rotatable bonds is 4. The number of nitrogens with zero attached hydrogens (tertiary/aromatic N) is 3. The van der Waals surface area contributed by atoms with Crippen LogP contribution < -0.4 is 0 Å². The van der Waals surface area contributed by atoms with Crippen LogP contribution in [-0.2, 0) is 5.41 Å². The molecule has 54 heavy (non-hydrogen) atoms. The van der Waals surface area contributed by atoms with Gasteiger partial charge in [0, 0.05) is 22.1 Å². The number of fused-ring (bicyclic) bond motifs is 6.